The second-order valence-corrected chi connectivity index (χ2v) is 9.43. The minimum Gasteiger partial charge on any atom is -0.506 e. The minimum atomic E-state index is -0.735. The molecule has 156 valence electrons. The molecule has 1 atom stereocenters. The molecular weight excluding hydrogens is 423 g/mol. The van der Waals surface area contributed by atoms with Crippen molar-refractivity contribution < 1.29 is 14.7 Å². The lowest BCUT2D eigenvalue weighted by atomic mass is 9.73. The third kappa shape index (κ3) is 3.46. The number of aromatic hydroxyl groups is 1. The number of allylic oxidation sites excluding steroid dienone is 1. The molecule has 0 saturated heterocycles. The highest BCUT2D eigenvalue weighted by Crippen LogP contribution is 2.51. The van der Waals surface area contributed by atoms with Crippen molar-refractivity contribution in [3.63, 3.8) is 0 Å². The molecule has 1 aliphatic heterocycles. The van der Waals surface area contributed by atoms with Crippen LogP contribution < -0.4 is 10.2 Å². The van der Waals surface area contributed by atoms with Gasteiger partial charge in [-0.2, -0.15) is 0 Å². The molecule has 0 aromatic heterocycles. The highest BCUT2D eigenvalue weighted by Gasteiger charge is 2.43. The summed E-state index contributed by atoms with van der Waals surface area (Å²) in [4.78, 5) is 27.8. The summed E-state index contributed by atoms with van der Waals surface area (Å²) in [7, 11) is 0. The highest BCUT2D eigenvalue weighted by atomic mass is 35.5. The Labute approximate surface area is 185 Å². The third-order valence-electron chi connectivity index (χ3n) is 5.60. The van der Waals surface area contributed by atoms with E-state index in [0.29, 0.717) is 51.1 Å². The predicted molar refractivity (Wildman–Crippen MR) is 119 cm³/mol. The summed E-state index contributed by atoms with van der Waals surface area (Å²) in [6.45, 7) is 5.49. The number of nitrogens with zero attached hydrogens (tertiary/aromatic N) is 1. The van der Waals surface area contributed by atoms with Crippen molar-refractivity contribution in [2.24, 2.45) is 5.41 Å². The number of carbonyl (C=O) groups excluding carboxylic acids is 2. The minimum absolute atomic E-state index is 0.00396. The Bertz CT molecular complexity index is 1110. The summed E-state index contributed by atoms with van der Waals surface area (Å²) in [6, 6.07) is 9.28. The van der Waals surface area contributed by atoms with Crippen LogP contribution in [-0.4, -0.2) is 16.8 Å². The molecule has 7 heteroatoms. The van der Waals surface area contributed by atoms with E-state index in [1.165, 1.54) is 11.8 Å². The van der Waals surface area contributed by atoms with Gasteiger partial charge in [0.2, 0.25) is 5.91 Å². The summed E-state index contributed by atoms with van der Waals surface area (Å²) >= 11 is 12.7. The molecule has 0 spiro atoms. The summed E-state index contributed by atoms with van der Waals surface area (Å²) in [5.74, 6) is -0.321. The number of halogens is 2. The van der Waals surface area contributed by atoms with Crippen molar-refractivity contribution in [3.05, 3.63) is 63.3 Å². The average Bonchev–Trinajstić information content (AvgIpc) is 2.76. The van der Waals surface area contributed by atoms with E-state index in [9.17, 15) is 14.7 Å². The number of amides is 1. The van der Waals surface area contributed by atoms with Crippen molar-refractivity contribution in [3.8, 4) is 5.75 Å². The Hall–Kier alpha value is -2.50. The first-order chi connectivity index (χ1) is 14.1. The van der Waals surface area contributed by atoms with Crippen molar-refractivity contribution >= 4 is 46.3 Å². The van der Waals surface area contributed by atoms with Gasteiger partial charge in [0.15, 0.2) is 5.78 Å². The third-order valence-corrected chi connectivity index (χ3v) is 6.17. The molecular formula is C23H22Cl2N2O3. The number of phenolic OH excluding ortho intramolecular Hbond substituents is 1. The van der Waals surface area contributed by atoms with E-state index < -0.39 is 6.04 Å². The van der Waals surface area contributed by atoms with Crippen LogP contribution in [0.2, 0.25) is 10.0 Å². The topological polar surface area (TPSA) is 69.6 Å². The number of nitrogens with one attached hydrogen (secondary N) is 1. The molecule has 4 rings (SSSR count). The van der Waals surface area contributed by atoms with Gasteiger partial charge in [-0.15, -0.1) is 0 Å². The highest BCUT2D eigenvalue weighted by molar-refractivity contribution is 6.35. The van der Waals surface area contributed by atoms with Crippen molar-refractivity contribution in [1.29, 1.82) is 0 Å². The van der Waals surface area contributed by atoms with Crippen LogP contribution in [0.3, 0.4) is 0 Å². The molecule has 0 fully saturated rings. The molecule has 5 nitrogen and oxygen atoms in total. The normalized spacial score (nSPS) is 20.2. The monoisotopic (exact) mass is 444 g/mol. The quantitative estimate of drug-likeness (QED) is 0.540. The van der Waals surface area contributed by atoms with Crippen LogP contribution in [0.4, 0.5) is 11.4 Å². The number of hydrogen-bond acceptors (Lipinski definition) is 4. The number of benzene rings is 2. The van der Waals surface area contributed by atoms with Gasteiger partial charge < -0.3 is 10.4 Å². The molecule has 0 saturated carbocycles. The Morgan fingerprint density at radius 2 is 1.93 bits per heavy atom. The lowest BCUT2D eigenvalue weighted by Gasteiger charge is -2.37. The molecule has 2 aromatic carbocycles. The fourth-order valence-corrected chi connectivity index (χ4v) is 4.92. The molecule has 2 aromatic rings. The fourth-order valence-electron chi connectivity index (χ4n) is 4.41. The van der Waals surface area contributed by atoms with Gasteiger partial charge in [0, 0.05) is 34.7 Å². The first kappa shape index (κ1) is 20.8. The van der Waals surface area contributed by atoms with Crippen LogP contribution in [0.5, 0.6) is 5.75 Å². The molecule has 1 aliphatic carbocycles. The number of para-hydroxylation sites is 1. The van der Waals surface area contributed by atoms with Gasteiger partial charge in [0.05, 0.1) is 11.7 Å². The van der Waals surface area contributed by atoms with Gasteiger partial charge in [0.25, 0.3) is 0 Å². The number of hydrogen-bond donors (Lipinski definition) is 2. The summed E-state index contributed by atoms with van der Waals surface area (Å²) in [5.41, 5.74) is 2.42. The number of ketones is 1. The van der Waals surface area contributed by atoms with E-state index in [0.717, 1.165) is 0 Å². The summed E-state index contributed by atoms with van der Waals surface area (Å²) < 4.78 is 0. The number of fused-ring (bicyclic) bond motifs is 1. The van der Waals surface area contributed by atoms with Gasteiger partial charge in [-0.1, -0.05) is 49.2 Å². The lowest BCUT2D eigenvalue weighted by molar-refractivity contribution is -0.118. The number of carbonyl (C=O) groups is 2. The van der Waals surface area contributed by atoms with Crippen LogP contribution in [0.1, 0.15) is 45.2 Å². The smallest absolute Gasteiger partial charge is 0.224 e. The second-order valence-electron chi connectivity index (χ2n) is 8.59. The molecule has 30 heavy (non-hydrogen) atoms. The fraction of sp³-hybridized carbons (Fsp3) is 0.304. The largest absolute Gasteiger partial charge is 0.506 e. The number of rotatable bonds is 1. The van der Waals surface area contributed by atoms with E-state index in [4.69, 9.17) is 23.2 Å². The van der Waals surface area contributed by atoms with Gasteiger partial charge in [0.1, 0.15) is 11.4 Å². The maximum Gasteiger partial charge on any atom is 0.224 e. The van der Waals surface area contributed by atoms with Crippen LogP contribution >= 0.6 is 23.2 Å². The zero-order valence-corrected chi connectivity index (χ0v) is 18.4. The first-order valence-electron chi connectivity index (χ1n) is 9.69. The maximum atomic E-state index is 13.4. The van der Waals surface area contributed by atoms with Crippen molar-refractivity contribution in [1.82, 2.24) is 0 Å². The van der Waals surface area contributed by atoms with Gasteiger partial charge >= 0.3 is 0 Å². The van der Waals surface area contributed by atoms with Gasteiger partial charge in [-0.05, 0) is 41.7 Å². The standard InChI is InChI=1S/C23H22Cl2N2O3/c1-12(28)27-17-5-4-6-18(29)21(17)26-16-10-23(2,3)11-19(30)20(16)22(27)14-8-7-13(24)9-15(14)25/h4-9,22,26,29H,10-11H2,1-3H3/t22-/m0/s1. The van der Waals surface area contributed by atoms with Crippen molar-refractivity contribution in [2.45, 2.75) is 39.7 Å². The number of anilines is 2. The van der Waals surface area contributed by atoms with Crippen LogP contribution in [0.25, 0.3) is 0 Å². The van der Waals surface area contributed by atoms with Crippen molar-refractivity contribution in [2.75, 3.05) is 10.2 Å². The van der Waals surface area contributed by atoms with E-state index in [2.05, 4.69) is 5.32 Å². The zero-order valence-electron chi connectivity index (χ0n) is 16.9. The Morgan fingerprint density at radius 1 is 1.20 bits per heavy atom. The first-order valence-corrected chi connectivity index (χ1v) is 10.4. The Balaban J connectivity index is 2.06. The maximum absolute atomic E-state index is 13.4. The molecule has 1 heterocycles. The molecule has 2 N–H and O–H groups in total. The van der Waals surface area contributed by atoms with E-state index >= 15 is 0 Å². The van der Waals surface area contributed by atoms with Gasteiger partial charge in [-0.25, -0.2) is 0 Å². The molecule has 1 amide bonds. The van der Waals surface area contributed by atoms with Gasteiger partial charge in [-0.3, -0.25) is 14.5 Å². The number of phenols is 1. The van der Waals surface area contributed by atoms with Crippen LogP contribution in [0.15, 0.2) is 47.7 Å². The summed E-state index contributed by atoms with van der Waals surface area (Å²) in [5, 5.41) is 14.7. The average molecular weight is 445 g/mol. The van der Waals surface area contributed by atoms with E-state index in [1.807, 2.05) is 13.8 Å². The Kier molecular flexibility index (Phi) is 5.07. The number of Topliss-reactive ketones (excluding diaryl/α,β-unsaturated/α-hetero) is 1. The molecule has 0 radical (unpaired) electrons. The molecule has 0 bridgehead atoms. The Morgan fingerprint density at radius 3 is 2.60 bits per heavy atom. The lowest BCUT2D eigenvalue weighted by Crippen LogP contribution is -2.38. The van der Waals surface area contributed by atoms with E-state index in [1.54, 1.807) is 36.4 Å². The SMILES string of the molecule is CC(=O)N1c2cccc(O)c2NC2=C(C(=O)CC(C)(C)C2)[C@@H]1c1ccc(Cl)cc1Cl. The molecule has 0 unspecified atom stereocenters. The predicted octanol–water partition coefficient (Wildman–Crippen LogP) is 5.86. The van der Waals surface area contributed by atoms with Crippen LogP contribution in [-0.2, 0) is 9.59 Å². The summed E-state index contributed by atoms with van der Waals surface area (Å²) in [6.07, 6.45) is 0.943. The zero-order chi connectivity index (χ0) is 21.8. The molecule has 2 aliphatic rings. The second kappa shape index (κ2) is 7.33. The van der Waals surface area contributed by atoms with E-state index in [-0.39, 0.29) is 22.9 Å². The van der Waals surface area contributed by atoms with Crippen LogP contribution in [0, 0.1) is 5.41 Å².